The van der Waals surface area contributed by atoms with Crippen LogP contribution in [0.1, 0.15) is 5.01 Å². The fourth-order valence-corrected chi connectivity index (χ4v) is 2.36. The van der Waals surface area contributed by atoms with Crippen LogP contribution < -0.4 is 0 Å². The Kier molecular flexibility index (Phi) is 2.96. The fourth-order valence-electron chi connectivity index (χ4n) is 0.460. The summed E-state index contributed by atoms with van der Waals surface area (Å²) in [6.07, 6.45) is 0. The number of aromatic nitrogens is 1. The zero-order chi connectivity index (χ0) is 7.56. The van der Waals surface area contributed by atoms with Crippen LogP contribution in [0.15, 0.2) is 9.98 Å². The van der Waals surface area contributed by atoms with Crippen molar-refractivity contribution in [3.8, 4) is 0 Å². The van der Waals surface area contributed by atoms with Gasteiger partial charge in [-0.2, -0.15) is 0 Å². The lowest BCUT2D eigenvalue weighted by Crippen LogP contribution is -1.90. The first-order valence-electron chi connectivity index (χ1n) is 2.36. The molecule has 3 nitrogen and oxygen atoms in total. The van der Waals surface area contributed by atoms with Crippen molar-refractivity contribution in [3.63, 3.8) is 0 Å². The molecule has 0 aliphatic rings. The molecule has 0 saturated carbocycles. The van der Waals surface area contributed by atoms with Crippen molar-refractivity contribution in [1.29, 1.82) is 0 Å². The molecule has 1 unspecified atom stereocenters. The maximum atomic E-state index is 10.2. The molecule has 0 aliphatic heterocycles. The van der Waals surface area contributed by atoms with Gasteiger partial charge < -0.3 is 4.55 Å². The highest BCUT2D eigenvalue weighted by molar-refractivity contribution is 9.10. The monoisotopic (exact) mass is 241 g/mol. The van der Waals surface area contributed by atoms with Crippen LogP contribution in [0, 0.1) is 0 Å². The molecule has 0 fully saturated rings. The van der Waals surface area contributed by atoms with Gasteiger partial charge in [0.05, 0.1) is 0 Å². The van der Waals surface area contributed by atoms with Crippen molar-refractivity contribution < 1.29 is 8.76 Å². The van der Waals surface area contributed by atoms with E-state index < -0.39 is 11.1 Å². The van der Waals surface area contributed by atoms with E-state index in [4.69, 9.17) is 4.55 Å². The number of halogens is 1. The summed E-state index contributed by atoms with van der Waals surface area (Å²) in [5, 5.41) is 2.45. The largest absolute Gasteiger partial charge is 0.306 e. The van der Waals surface area contributed by atoms with Crippen molar-refractivity contribution in [2.75, 3.05) is 0 Å². The predicted molar refractivity (Wildman–Crippen MR) is 44.3 cm³/mol. The molecule has 0 saturated heterocycles. The summed E-state index contributed by atoms with van der Waals surface area (Å²) in [5.41, 5.74) is 0. The van der Waals surface area contributed by atoms with Crippen LogP contribution in [0.25, 0.3) is 0 Å². The Bertz CT molecular complexity index is 249. The summed E-state index contributed by atoms with van der Waals surface area (Å²) in [7, 11) is 0. The standard InChI is InChI=1S/C4H4BrNO2S2/c5-3-1-9-4(6-3)2-10(7)8/h1H,2H2,(H,7,8). The van der Waals surface area contributed by atoms with Crippen molar-refractivity contribution in [2.24, 2.45) is 0 Å². The first-order valence-corrected chi connectivity index (χ1v) is 5.30. The molecule has 0 radical (unpaired) electrons. The van der Waals surface area contributed by atoms with Crippen LogP contribution in [0.2, 0.25) is 0 Å². The molecule has 0 bridgehead atoms. The fraction of sp³-hybridized carbons (Fsp3) is 0.250. The topological polar surface area (TPSA) is 50.2 Å². The second kappa shape index (κ2) is 3.56. The Balaban J connectivity index is 2.67. The third-order valence-electron chi connectivity index (χ3n) is 0.771. The minimum Gasteiger partial charge on any atom is -0.306 e. The molecule has 0 aliphatic carbocycles. The highest BCUT2D eigenvalue weighted by Crippen LogP contribution is 2.15. The number of thiazole rings is 1. The van der Waals surface area contributed by atoms with Crippen molar-refractivity contribution in [2.45, 2.75) is 5.75 Å². The Hall–Kier alpha value is 0.220. The summed E-state index contributed by atoms with van der Waals surface area (Å²) in [4.78, 5) is 3.93. The molecule has 1 atom stereocenters. The van der Waals surface area contributed by atoms with Gasteiger partial charge in [-0.25, -0.2) is 9.19 Å². The molecule has 0 aromatic carbocycles. The van der Waals surface area contributed by atoms with E-state index in [1.54, 1.807) is 5.38 Å². The smallest absolute Gasteiger partial charge is 0.159 e. The highest BCUT2D eigenvalue weighted by Gasteiger charge is 2.01. The van der Waals surface area contributed by atoms with Crippen LogP contribution >= 0.6 is 27.3 Å². The van der Waals surface area contributed by atoms with Gasteiger partial charge in [-0.15, -0.1) is 11.3 Å². The van der Waals surface area contributed by atoms with E-state index in [-0.39, 0.29) is 5.75 Å². The quantitative estimate of drug-likeness (QED) is 0.802. The number of rotatable bonds is 2. The van der Waals surface area contributed by atoms with E-state index >= 15 is 0 Å². The molecular weight excluding hydrogens is 238 g/mol. The van der Waals surface area contributed by atoms with Crippen LogP contribution in [0.5, 0.6) is 0 Å². The molecular formula is C4H4BrNO2S2. The average Bonchev–Trinajstić information content (AvgIpc) is 2.13. The molecule has 0 amide bonds. The zero-order valence-corrected chi connectivity index (χ0v) is 8.00. The Labute approximate surface area is 72.9 Å². The minimum atomic E-state index is -1.78. The second-order valence-electron chi connectivity index (χ2n) is 1.53. The average molecular weight is 242 g/mol. The lowest BCUT2D eigenvalue weighted by atomic mass is 10.8. The summed E-state index contributed by atoms with van der Waals surface area (Å²) in [5.74, 6) is 0.121. The molecule has 1 heterocycles. The number of hydrogen-bond donors (Lipinski definition) is 1. The molecule has 1 aromatic rings. The first-order chi connectivity index (χ1) is 4.68. The van der Waals surface area contributed by atoms with Crippen molar-refractivity contribution in [3.05, 3.63) is 15.0 Å². The highest BCUT2D eigenvalue weighted by atomic mass is 79.9. The number of hydrogen-bond acceptors (Lipinski definition) is 3. The molecule has 10 heavy (non-hydrogen) atoms. The van der Waals surface area contributed by atoms with Gasteiger partial charge in [0, 0.05) is 5.38 Å². The molecule has 56 valence electrons. The van der Waals surface area contributed by atoms with Crippen molar-refractivity contribution in [1.82, 2.24) is 4.98 Å². The van der Waals surface area contributed by atoms with E-state index in [1.165, 1.54) is 11.3 Å². The number of nitrogens with zero attached hydrogens (tertiary/aromatic N) is 1. The second-order valence-corrected chi connectivity index (χ2v) is 4.22. The first kappa shape index (κ1) is 8.32. The lowest BCUT2D eigenvalue weighted by Gasteiger charge is -1.85. The Morgan fingerprint density at radius 1 is 1.90 bits per heavy atom. The maximum absolute atomic E-state index is 10.2. The maximum Gasteiger partial charge on any atom is 0.159 e. The predicted octanol–water partition coefficient (Wildman–Crippen LogP) is 1.63. The summed E-state index contributed by atoms with van der Waals surface area (Å²) in [6, 6.07) is 0. The minimum absolute atomic E-state index is 0.121. The van der Waals surface area contributed by atoms with Crippen molar-refractivity contribution >= 4 is 38.3 Å². The molecule has 0 spiro atoms. The zero-order valence-electron chi connectivity index (χ0n) is 4.78. The molecule has 6 heteroatoms. The van der Waals surface area contributed by atoms with Crippen LogP contribution in [0.3, 0.4) is 0 Å². The van der Waals surface area contributed by atoms with Gasteiger partial charge in [-0.3, -0.25) is 0 Å². The van der Waals surface area contributed by atoms with Gasteiger partial charge in [0.25, 0.3) is 0 Å². The Morgan fingerprint density at radius 3 is 3.00 bits per heavy atom. The van der Waals surface area contributed by atoms with E-state index in [0.717, 1.165) is 4.60 Å². The SMILES string of the molecule is O=S(O)Cc1nc(Br)cs1. The van der Waals surface area contributed by atoms with Gasteiger partial charge in [0.15, 0.2) is 11.1 Å². The van der Waals surface area contributed by atoms with Crippen LogP contribution in [-0.4, -0.2) is 13.7 Å². The Morgan fingerprint density at radius 2 is 2.60 bits per heavy atom. The van der Waals surface area contributed by atoms with Crippen LogP contribution in [0.4, 0.5) is 0 Å². The van der Waals surface area contributed by atoms with E-state index in [0.29, 0.717) is 5.01 Å². The molecule has 1 N–H and O–H groups in total. The summed E-state index contributed by atoms with van der Waals surface area (Å²) in [6.45, 7) is 0. The van der Waals surface area contributed by atoms with Gasteiger partial charge in [0.2, 0.25) is 0 Å². The molecule has 1 aromatic heterocycles. The summed E-state index contributed by atoms with van der Waals surface area (Å²) >= 11 is 2.73. The normalized spacial score (nSPS) is 13.4. The van der Waals surface area contributed by atoms with Gasteiger partial charge in [-0.05, 0) is 15.9 Å². The molecule has 1 rings (SSSR count). The van der Waals surface area contributed by atoms with Gasteiger partial charge in [-0.1, -0.05) is 0 Å². The third kappa shape index (κ3) is 2.45. The lowest BCUT2D eigenvalue weighted by molar-refractivity contribution is 0.563. The van der Waals surface area contributed by atoms with E-state index in [1.807, 2.05) is 0 Å². The van der Waals surface area contributed by atoms with E-state index in [9.17, 15) is 4.21 Å². The van der Waals surface area contributed by atoms with Gasteiger partial charge >= 0.3 is 0 Å². The van der Waals surface area contributed by atoms with Crippen LogP contribution in [-0.2, 0) is 16.8 Å². The van der Waals surface area contributed by atoms with E-state index in [2.05, 4.69) is 20.9 Å². The van der Waals surface area contributed by atoms with Gasteiger partial charge in [0.1, 0.15) is 15.4 Å². The third-order valence-corrected chi connectivity index (χ3v) is 3.03. The summed E-state index contributed by atoms with van der Waals surface area (Å²) < 4.78 is 19.4.